The van der Waals surface area contributed by atoms with E-state index in [0.29, 0.717) is 24.9 Å². The maximum atomic E-state index is 5.72. The van der Waals surface area contributed by atoms with E-state index in [1.165, 1.54) is 16.2 Å². The third-order valence-corrected chi connectivity index (χ3v) is 4.60. The van der Waals surface area contributed by atoms with Crippen molar-refractivity contribution in [3.8, 4) is 0 Å². The molecule has 1 aromatic rings. The van der Waals surface area contributed by atoms with Gasteiger partial charge in [-0.1, -0.05) is 13.8 Å². The normalized spacial score (nSPS) is 13.3. The van der Waals surface area contributed by atoms with E-state index in [0.717, 1.165) is 12.8 Å². The molecule has 0 fully saturated rings. The summed E-state index contributed by atoms with van der Waals surface area (Å²) < 4.78 is 0. The molecule has 1 heterocycles. The highest BCUT2D eigenvalue weighted by molar-refractivity contribution is 7.12. The standard InChI is InChI=1S/C13H24N2S/c1-3-11(7-10(8-14)9-15)13-6-5-12(4-2)16-13/h5-6,10-11H,3-4,7-9,14-15H2,1-2H3. The zero-order chi connectivity index (χ0) is 12.0. The van der Waals surface area contributed by atoms with E-state index in [2.05, 4.69) is 26.0 Å². The Bertz CT molecular complexity index is 292. The first-order chi connectivity index (χ1) is 7.74. The summed E-state index contributed by atoms with van der Waals surface area (Å²) in [5, 5.41) is 0. The van der Waals surface area contributed by atoms with Gasteiger partial charge in [0.25, 0.3) is 0 Å². The Labute approximate surface area is 103 Å². The zero-order valence-electron chi connectivity index (χ0n) is 10.4. The first kappa shape index (κ1) is 13.7. The molecule has 92 valence electrons. The highest BCUT2D eigenvalue weighted by atomic mass is 32.1. The monoisotopic (exact) mass is 240 g/mol. The highest BCUT2D eigenvalue weighted by Crippen LogP contribution is 2.32. The predicted molar refractivity (Wildman–Crippen MR) is 72.9 cm³/mol. The molecule has 0 saturated carbocycles. The molecule has 1 atom stereocenters. The molecular formula is C13H24N2S. The van der Waals surface area contributed by atoms with Crippen LogP contribution in [0.1, 0.15) is 42.4 Å². The van der Waals surface area contributed by atoms with Crippen molar-refractivity contribution in [2.24, 2.45) is 17.4 Å². The summed E-state index contributed by atoms with van der Waals surface area (Å²) in [5.74, 6) is 1.11. The lowest BCUT2D eigenvalue weighted by molar-refractivity contribution is 0.446. The molecule has 0 bridgehead atoms. The van der Waals surface area contributed by atoms with Gasteiger partial charge in [0.15, 0.2) is 0 Å². The third kappa shape index (κ3) is 3.58. The minimum absolute atomic E-state index is 0.470. The van der Waals surface area contributed by atoms with Crippen LogP contribution in [0.25, 0.3) is 0 Å². The first-order valence-corrected chi connectivity index (χ1v) is 7.05. The highest BCUT2D eigenvalue weighted by Gasteiger charge is 2.16. The van der Waals surface area contributed by atoms with Crippen molar-refractivity contribution in [3.63, 3.8) is 0 Å². The van der Waals surface area contributed by atoms with Crippen molar-refractivity contribution < 1.29 is 0 Å². The Kier molecular flexibility index (Phi) is 6.03. The molecule has 0 aliphatic carbocycles. The van der Waals surface area contributed by atoms with Gasteiger partial charge in [0, 0.05) is 9.75 Å². The largest absolute Gasteiger partial charge is 0.330 e. The van der Waals surface area contributed by atoms with Gasteiger partial charge < -0.3 is 11.5 Å². The number of rotatable bonds is 7. The molecule has 1 rings (SSSR count). The van der Waals surface area contributed by atoms with Crippen LogP contribution in [0.5, 0.6) is 0 Å². The first-order valence-electron chi connectivity index (χ1n) is 6.23. The minimum atomic E-state index is 0.470. The van der Waals surface area contributed by atoms with E-state index in [1.54, 1.807) is 0 Å². The lowest BCUT2D eigenvalue weighted by atomic mass is 9.91. The molecule has 1 unspecified atom stereocenters. The molecule has 1 aromatic heterocycles. The van der Waals surface area contributed by atoms with Crippen molar-refractivity contribution in [2.45, 2.75) is 39.0 Å². The average molecular weight is 240 g/mol. The van der Waals surface area contributed by atoms with E-state index in [1.807, 2.05) is 11.3 Å². The van der Waals surface area contributed by atoms with Crippen LogP contribution in [0.2, 0.25) is 0 Å². The Morgan fingerprint density at radius 2 is 1.88 bits per heavy atom. The molecule has 0 spiro atoms. The number of aryl methyl sites for hydroxylation is 1. The molecule has 2 nitrogen and oxygen atoms in total. The van der Waals surface area contributed by atoms with Gasteiger partial charge in [-0.15, -0.1) is 11.3 Å². The summed E-state index contributed by atoms with van der Waals surface area (Å²) in [4.78, 5) is 2.98. The SMILES string of the molecule is CCc1ccc(C(CC)CC(CN)CN)s1. The van der Waals surface area contributed by atoms with Crippen LogP contribution in [0.4, 0.5) is 0 Å². The van der Waals surface area contributed by atoms with Gasteiger partial charge in [-0.3, -0.25) is 0 Å². The van der Waals surface area contributed by atoms with Gasteiger partial charge in [0.05, 0.1) is 0 Å². The second-order valence-electron chi connectivity index (χ2n) is 4.34. The fourth-order valence-corrected chi connectivity index (χ4v) is 3.13. The van der Waals surface area contributed by atoms with Gasteiger partial charge in [-0.25, -0.2) is 0 Å². The summed E-state index contributed by atoms with van der Waals surface area (Å²) in [7, 11) is 0. The topological polar surface area (TPSA) is 52.0 Å². The van der Waals surface area contributed by atoms with E-state index in [-0.39, 0.29) is 0 Å². The Hall–Kier alpha value is -0.380. The van der Waals surface area contributed by atoms with Crippen LogP contribution in [-0.2, 0) is 6.42 Å². The van der Waals surface area contributed by atoms with Crippen LogP contribution < -0.4 is 11.5 Å². The quantitative estimate of drug-likeness (QED) is 0.770. The second-order valence-corrected chi connectivity index (χ2v) is 5.54. The van der Waals surface area contributed by atoms with Gasteiger partial charge in [-0.05, 0) is 56.3 Å². The summed E-state index contributed by atoms with van der Waals surface area (Å²) in [6.45, 7) is 5.87. The number of hydrogen-bond donors (Lipinski definition) is 2. The number of nitrogens with two attached hydrogens (primary N) is 2. The molecular weight excluding hydrogens is 216 g/mol. The van der Waals surface area contributed by atoms with E-state index in [4.69, 9.17) is 11.5 Å². The van der Waals surface area contributed by atoms with Crippen molar-refractivity contribution in [1.29, 1.82) is 0 Å². The van der Waals surface area contributed by atoms with Crippen molar-refractivity contribution in [3.05, 3.63) is 21.9 Å². The van der Waals surface area contributed by atoms with E-state index in [9.17, 15) is 0 Å². The van der Waals surface area contributed by atoms with Crippen LogP contribution in [0.15, 0.2) is 12.1 Å². The van der Waals surface area contributed by atoms with Crippen LogP contribution in [0, 0.1) is 5.92 Å². The van der Waals surface area contributed by atoms with E-state index < -0.39 is 0 Å². The minimum Gasteiger partial charge on any atom is -0.330 e. The molecule has 0 amide bonds. The number of hydrogen-bond acceptors (Lipinski definition) is 3. The Morgan fingerprint density at radius 1 is 1.19 bits per heavy atom. The van der Waals surface area contributed by atoms with Crippen LogP contribution in [0.3, 0.4) is 0 Å². The predicted octanol–water partition coefficient (Wildman–Crippen LogP) is 2.73. The van der Waals surface area contributed by atoms with Crippen LogP contribution in [-0.4, -0.2) is 13.1 Å². The lowest BCUT2D eigenvalue weighted by Gasteiger charge is -2.19. The van der Waals surface area contributed by atoms with Crippen molar-refractivity contribution in [1.82, 2.24) is 0 Å². The van der Waals surface area contributed by atoms with Gasteiger partial charge in [-0.2, -0.15) is 0 Å². The second kappa shape index (κ2) is 7.05. The molecule has 0 aliphatic heterocycles. The summed E-state index contributed by atoms with van der Waals surface area (Å²) >= 11 is 1.95. The van der Waals surface area contributed by atoms with Gasteiger partial charge >= 0.3 is 0 Å². The van der Waals surface area contributed by atoms with E-state index >= 15 is 0 Å². The average Bonchev–Trinajstić information content (AvgIpc) is 2.79. The molecule has 3 heteroatoms. The van der Waals surface area contributed by atoms with Crippen LogP contribution >= 0.6 is 11.3 Å². The Morgan fingerprint density at radius 3 is 2.31 bits per heavy atom. The third-order valence-electron chi connectivity index (χ3n) is 3.21. The lowest BCUT2D eigenvalue weighted by Crippen LogP contribution is -2.24. The molecule has 0 saturated heterocycles. The maximum absolute atomic E-state index is 5.72. The smallest absolute Gasteiger partial charge is 0.00791 e. The summed E-state index contributed by atoms with van der Waals surface area (Å²) in [6.07, 6.45) is 3.45. The molecule has 0 radical (unpaired) electrons. The molecule has 0 aliphatic rings. The zero-order valence-corrected chi connectivity index (χ0v) is 11.2. The van der Waals surface area contributed by atoms with Gasteiger partial charge in [0.1, 0.15) is 0 Å². The fourth-order valence-electron chi connectivity index (χ4n) is 1.98. The Balaban J connectivity index is 2.66. The van der Waals surface area contributed by atoms with Crippen molar-refractivity contribution >= 4 is 11.3 Å². The van der Waals surface area contributed by atoms with Gasteiger partial charge in [0.2, 0.25) is 0 Å². The summed E-state index contributed by atoms with van der Waals surface area (Å²) in [5.41, 5.74) is 11.4. The number of thiophene rings is 1. The maximum Gasteiger partial charge on any atom is 0.00791 e. The van der Waals surface area contributed by atoms with Crippen molar-refractivity contribution in [2.75, 3.05) is 13.1 Å². The molecule has 16 heavy (non-hydrogen) atoms. The summed E-state index contributed by atoms with van der Waals surface area (Å²) in [6, 6.07) is 4.53. The molecule has 0 aromatic carbocycles. The fraction of sp³-hybridized carbons (Fsp3) is 0.692. The molecule has 4 N–H and O–H groups in total.